The first-order chi connectivity index (χ1) is 7.32. The van der Waals surface area contributed by atoms with Crippen molar-refractivity contribution in [1.82, 2.24) is 0 Å². The topological polar surface area (TPSA) is 26.3 Å². The maximum atomic E-state index is 12.0. The number of esters is 1. The summed E-state index contributed by atoms with van der Waals surface area (Å²) in [5.74, 6) is -0.183. The number of carbonyl (C=O) groups excluding carboxylic acids is 1. The molecule has 2 rings (SSSR count). The zero-order chi connectivity index (χ0) is 12.0. The van der Waals surface area contributed by atoms with Gasteiger partial charge in [0.15, 0.2) is 0 Å². The highest BCUT2D eigenvalue weighted by atomic mass is 32.1. The van der Waals surface area contributed by atoms with E-state index in [2.05, 4.69) is 12.3 Å². The lowest BCUT2D eigenvalue weighted by molar-refractivity contribution is 0.00683. The quantitative estimate of drug-likeness (QED) is 0.733. The third kappa shape index (κ3) is 2.29. The second-order valence-electron chi connectivity index (χ2n) is 5.76. The molecule has 1 aromatic rings. The van der Waals surface area contributed by atoms with Crippen molar-refractivity contribution in [2.75, 3.05) is 0 Å². The van der Waals surface area contributed by atoms with E-state index >= 15 is 0 Å². The Balaban J connectivity index is 2.21. The van der Waals surface area contributed by atoms with Crippen LogP contribution in [0.15, 0.2) is 10.8 Å². The number of hydrogen-bond donors (Lipinski definition) is 0. The van der Waals surface area contributed by atoms with Crippen molar-refractivity contribution in [3.8, 4) is 0 Å². The van der Waals surface area contributed by atoms with Gasteiger partial charge in [0.25, 0.3) is 0 Å². The Kier molecular flexibility index (Phi) is 2.61. The molecule has 1 aromatic heterocycles. The van der Waals surface area contributed by atoms with Gasteiger partial charge in [-0.25, -0.2) is 4.79 Å². The molecular weight excluding hydrogens is 220 g/mol. The molecule has 0 radical (unpaired) electrons. The summed E-state index contributed by atoms with van der Waals surface area (Å²) in [5.41, 5.74) is 1.75. The monoisotopic (exact) mass is 238 g/mol. The van der Waals surface area contributed by atoms with Gasteiger partial charge < -0.3 is 4.74 Å². The van der Waals surface area contributed by atoms with E-state index in [-0.39, 0.29) is 11.4 Å². The van der Waals surface area contributed by atoms with Gasteiger partial charge >= 0.3 is 5.97 Å². The van der Waals surface area contributed by atoms with Gasteiger partial charge in [-0.3, -0.25) is 0 Å². The summed E-state index contributed by atoms with van der Waals surface area (Å²) < 4.78 is 5.41. The van der Waals surface area contributed by atoms with Crippen molar-refractivity contribution >= 4 is 17.3 Å². The highest BCUT2D eigenvalue weighted by Crippen LogP contribution is 2.49. The van der Waals surface area contributed by atoms with Crippen molar-refractivity contribution in [3.05, 3.63) is 21.9 Å². The molecule has 0 saturated heterocycles. The third-order valence-corrected chi connectivity index (χ3v) is 3.67. The van der Waals surface area contributed by atoms with Crippen LogP contribution in [0.2, 0.25) is 0 Å². The molecule has 0 aromatic carbocycles. The van der Waals surface area contributed by atoms with E-state index in [0.29, 0.717) is 0 Å². The molecular formula is C13H18O2S. The molecule has 0 aliphatic heterocycles. The zero-order valence-corrected chi connectivity index (χ0v) is 11.1. The minimum Gasteiger partial charge on any atom is -0.456 e. The first kappa shape index (κ1) is 11.6. The van der Waals surface area contributed by atoms with Crippen LogP contribution in [0.25, 0.3) is 0 Å². The first-order valence-corrected chi connectivity index (χ1v) is 6.56. The number of carbonyl (C=O) groups is 1. The van der Waals surface area contributed by atoms with Gasteiger partial charge in [-0.2, -0.15) is 11.3 Å². The van der Waals surface area contributed by atoms with Crippen molar-refractivity contribution in [2.45, 2.75) is 51.6 Å². The maximum Gasteiger partial charge on any atom is 0.339 e. The number of hydrogen-bond acceptors (Lipinski definition) is 3. The largest absolute Gasteiger partial charge is 0.456 e. The molecule has 0 amide bonds. The van der Waals surface area contributed by atoms with E-state index < -0.39 is 5.60 Å². The fourth-order valence-electron chi connectivity index (χ4n) is 1.71. The van der Waals surface area contributed by atoms with Crippen LogP contribution in [0, 0.1) is 0 Å². The summed E-state index contributed by atoms with van der Waals surface area (Å²) in [6.45, 7) is 7.91. The van der Waals surface area contributed by atoms with Crippen LogP contribution in [0.4, 0.5) is 0 Å². The lowest BCUT2D eigenvalue weighted by Crippen LogP contribution is -2.24. The number of thiophene rings is 1. The van der Waals surface area contributed by atoms with Gasteiger partial charge in [0.05, 0.1) is 5.56 Å². The molecule has 1 aliphatic carbocycles. The minimum atomic E-state index is -0.416. The Hall–Kier alpha value is -0.830. The smallest absolute Gasteiger partial charge is 0.339 e. The molecule has 16 heavy (non-hydrogen) atoms. The first-order valence-electron chi connectivity index (χ1n) is 5.62. The van der Waals surface area contributed by atoms with Crippen LogP contribution >= 0.6 is 11.3 Å². The van der Waals surface area contributed by atoms with E-state index in [1.54, 1.807) is 11.3 Å². The molecule has 1 aliphatic rings. The predicted octanol–water partition coefficient (Wildman–Crippen LogP) is 3.75. The molecule has 0 bridgehead atoms. The molecule has 0 unspecified atom stereocenters. The Morgan fingerprint density at radius 3 is 2.50 bits per heavy atom. The lowest BCUT2D eigenvalue weighted by Gasteiger charge is -2.20. The predicted molar refractivity (Wildman–Crippen MR) is 66.1 cm³/mol. The standard InChI is InChI=1S/C13H18O2S/c1-12(2,3)15-11(14)9-7-16-8-10(9)13(4)5-6-13/h7-8H,5-6H2,1-4H3. The number of rotatable bonds is 2. The van der Waals surface area contributed by atoms with Crippen LogP contribution in [-0.2, 0) is 10.2 Å². The zero-order valence-electron chi connectivity index (χ0n) is 10.3. The van der Waals surface area contributed by atoms with Crippen LogP contribution in [0.1, 0.15) is 56.5 Å². The van der Waals surface area contributed by atoms with E-state index in [1.165, 1.54) is 18.4 Å². The van der Waals surface area contributed by atoms with Gasteiger partial charge in [0.1, 0.15) is 5.60 Å². The van der Waals surface area contributed by atoms with Crippen molar-refractivity contribution in [2.24, 2.45) is 0 Å². The highest BCUT2D eigenvalue weighted by Gasteiger charge is 2.42. The van der Waals surface area contributed by atoms with E-state index in [4.69, 9.17) is 4.74 Å². The summed E-state index contributed by atoms with van der Waals surface area (Å²) in [7, 11) is 0. The van der Waals surface area contributed by atoms with Crippen molar-refractivity contribution in [3.63, 3.8) is 0 Å². The summed E-state index contributed by atoms with van der Waals surface area (Å²) in [4.78, 5) is 12.0. The minimum absolute atomic E-state index is 0.183. The van der Waals surface area contributed by atoms with Crippen molar-refractivity contribution < 1.29 is 9.53 Å². The Morgan fingerprint density at radius 2 is 2.00 bits per heavy atom. The van der Waals surface area contributed by atoms with E-state index in [1.807, 2.05) is 26.2 Å². The Labute approximate surface area is 101 Å². The SMILES string of the molecule is CC(C)(C)OC(=O)c1cscc1C1(C)CC1. The lowest BCUT2D eigenvalue weighted by atomic mass is 9.97. The molecule has 3 heteroatoms. The van der Waals surface area contributed by atoms with Gasteiger partial charge in [-0.15, -0.1) is 0 Å². The maximum absolute atomic E-state index is 12.0. The molecule has 1 saturated carbocycles. The van der Waals surface area contributed by atoms with E-state index in [9.17, 15) is 4.79 Å². The molecule has 1 fully saturated rings. The molecule has 0 N–H and O–H groups in total. The van der Waals surface area contributed by atoms with Gasteiger partial charge in [0, 0.05) is 5.38 Å². The average molecular weight is 238 g/mol. The second-order valence-corrected chi connectivity index (χ2v) is 6.51. The van der Waals surface area contributed by atoms with Gasteiger partial charge in [-0.1, -0.05) is 6.92 Å². The van der Waals surface area contributed by atoms with Gasteiger partial charge in [0.2, 0.25) is 0 Å². The number of ether oxygens (including phenoxy) is 1. The fraction of sp³-hybridized carbons (Fsp3) is 0.615. The van der Waals surface area contributed by atoms with Crippen LogP contribution in [0.5, 0.6) is 0 Å². The van der Waals surface area contributed by atoms with E-state index in [0.717, 1.165) is 5.56 Å². The highest BCUT2D eigenvalue weighted by molar-refractivity contribution is 7.08. The summed E-state index contributed by atoms with van der Waals surface area (Å²) in [6, 6.07) is 0. The fourth-order valence-corrected chi connectivity index (χ4v) is 2.69. The molecule has 2 nitrogen and oxygen atoms in total. The molecule has 0 atom stereocenters. The third-order valence-electron chi connectivity index (χ3n) is 2.93. The summed E-state index contributed by atoms with van der Waals surface area (Å²) in [6.07, 6.45) is 2.36. The second kappa shape index (κ2) is 3.59. The summed E-state index contributed by atoms with van der Waals surface area (Å²) in [5, 5.41) is 4.00. The van der Waals surface area contributed by atoms with Gasteiger partial charge in [-0.05, 0) is 50.0 Å². The molecule has 88 valence electrons. The molecule has 0 spiro atoms. The Bertz CT molecular complexity index is 408. The van der Waals surface area contributed by atoms with Crippen molar-refractivity contribution in [1.29, 1.82) is 0 Å². The summed E-state index contributed by atoms with van der Waals surface area (Å²) >= 11 is 1.59. The normalized spacial score (nSPS) is 18.2. The van der Waals surface area contributed by atoms with Crippen LogP contribution < -0.4 is 0 Å². The molecule has 1 heterocycles. The van der Waals surface area contributed by atoms with Crippen LogP contribution in [-0.4, -0.2) is 11.6 Å². The van der Waals surface area contributed by atoms with Crippen LogP contribution in [0.3, 0.4) is 0 Å². The average Bonchev–Trinajstić information content (AvgIpc) is 2.70. The Morgan fingerprint density at radius 1 is 1.38 bits per heavy atom.